The molecule has 0 fully saturated rings. The first-order valence-corrected chi connectivity index (χ1v) is 15.6. The average molecular weight is 633 g/mol. The van der Waals surface area contributed by atoms with E-state index in [9.17, 15) is 0 Å². The highest BCUT2D eigenvalue weighted by Crippen LogP contribution is 2.39. The third-order valence-corrected chi connectivity index (χ3v) is 7.84. The molecule has 1 aromatic heterocycles. The standard InChI is InChI=1S/C38H34BrNO3/c1-28-37-35(13-8-14-36(37)43-27-31-11-6-3-7-12-31)40(25-29-15-19-33(20-16-29)41-24-23-39)38(28)32-17-21-34(22-18-32)42-26-30-9-4-2-5-10-30/h2-22H,23-27H2,1H3. The summed E-state index contributed by atoms with van der Waals surface area (Å²) in [6.45, 7) is 4.61. The van der Waals surface area contributed by atoms with Crippen LogP contribution in [0, 0.1) is 6.92 Å². The fourth-order valence-corrected chi connectivity index (χ4v) is 5.60. The van der Waals surface area contributed by atoms with E-state index in [2.05, 4.69) is 106 Å². The highest BCUT2D eigenvalue weighted by molar-refractivity contribution is 9.09. The molecule has 6 rings (SSSR count). The van der Waals surface area contributed by atoms with Gasteiger partial charge in [-0.25, -0.2) is 0 Å². The third-order valence-electron chi connectivity index (χ3n) is 7.52. The second-order valence-corrected chi connectivity index (χ2v) is 11.3. The molecule has 0 atom stereocenters. The topological polar surface area (TPSA) is 32.6 Å². The van der Waals surface area contributed by atoms with Gasteiger partial charge < -0.3 is 18.8 Å². The van der Waals surface area contributed by atoms with Crippen LogP contribution >= 0.6 is 15.9 Å². The van der Waals surface area contributed by atoms with Gasteiger partial charge in [0.25, 0.3) is 0 Å². The molecule has 43 heavy (non-hydrogen) atoms. The molecular formula is C38H34BrNO3. The summed E-state index contributed by atoms with van der Waals surface area (Å²) in [7, 11) is 0. The van der Waals surface area contributed by atoms with Gasteiger partial charge in [-0.05, 0) is 83.3 Å². The first kappa shape index (κ1) is 28.6. The number of fused-ring (bicyclic) bond motifs is 1. The smallest absolute Gasteiger partial charge is 0.129 e. The number of ether oxygens (including phenoxy) is 3. The lowest BCUT2D eigenvalue weighted by Gasteiger charge is -2.14. The van der Waals surface area contributed by atoms with E-state index >= 15 is 0 Å². The monoisotopic (exact) mass is 631 g/mol. The molecule has 0 spiro atoms. The first-order valence-electron chi connectivity index (χ1n) is 14.5. The molecule has 0 bridgehead atoms. The zero-order chi connectivity index (χ0) is 29.4. The maximum Gasteiger partial charge on any atom is 0.129 e. The minimum Gasteiger partial charge on any atom is -0.493 e. The number of aryl methyl sites for hydroxylation is 1. The Hall–Kier alpha value is -4.48. The highest BCUT2D eigenvalue weighted by atomic mass is 79.9. The number of alkyl halides is 1. The largest absolute Gasteiger partial charge is 0.493 e. The Morgan fingerprint density at radius 3 is 1.84 bits per heavy atom. The van der Waals surface area contributed by atoms with E-state index in [4.69, 9.17) is 14.2 Å². The van der Waals surface area contributed by atoms with Crippen molar-refractivity contribution >= 4 is 26.8 Å². The molecule has 0 aliphatic carbocycles. The van der Waals surface area contributed by atoms with Crippen molar-refractivity contribution < 1.29 is 14.2 Å². The molecule has 0 saturated heterocycles. The Balaban J connectivity index is 1.35. The van der Waals surface area contributed by atoms with Crippen LogP contribution in [-0.4, -0.2) is 16.5 Å². The Kier molecular flexibility index (Phi) is 9.10. The summed E-state index contributed by atoms with van der Waals surface area (Å²) in [6, 6.07) is 43.7. The van der Waals surface area contributed by atoms with Crippen LogP contribution in [0.2, 0.25) is 0 Å². The molecule has 4 nitrogen and oxygen atoms in total. The lowest BCUT2D eigenvalue weighted by Crippen LogP contribution is -2.03. The lowest BCUT2D eigenvalue weighted by molar-refractivity contribution is 0.306. The second-order valence-electron chi connectivity index (χ2n) is 10.5. The Labute approximate surface area is 261 Å². The van der Waals surface area contributed by atoms with E-state index in [1.807, 2.05) is 48.5 Å². The molecule has 0 amide bonds. The molecule has 1 heterocycles. The molecule has 0 aliphatic heterocycles. The third kappa shape index (κ3) is 6.79. The van der Waals surface area contributed by atoms with Crippen molar-refractivity contribution in [2.75, 3.05) is 11.9 Å². The molecule has 0 N–H and O–H groups in total. The van der Waals surface area contributed by atoms with Crippen molar-refractivity contribution in [2.24, 2.45) is 0 Å². The Bertz CT molecular complexity index is 1760. The number of benzene rings is 5. The van der Waals surface area contributed by atoms with Gasteiger partial charge in [0, 0.05) is 17.3 Å². The number of hydrogen-bond donors (Lipinski definition) is 0. The number of halogens is 1. The van der Waals surface area contributed by atoms with Gasteiger partial charge in [-0.15, -0.1) is 0 Å². The SMILES string of the molecule is Cc1c(-c2ccc(OCc3ccccc3)cc2)n(Cc2ccc(OCCBr)cc2)c2cccc(OCc3ccccc3)c12. The van der Waals surface area contributed by atoms with E-state index in [0.29, 0.717) is 26.4 Å². The van der Waals surface area contributed by atoms with Gasteiger partial charge in [-0.2, -0.15) is 0 Å². The molecule has 216 valence electrons. The van der Waals surface area contributed by atoms with Gasteiger partial charge in [-0.1, -0.05) is 94.8 Å². The summed E-state index contributed by atoms with van der Waals surface area (Å²) in [5, 5.41) is 1.94. The van der Waals surface area contributed by atoms with Crippen molar-refractivity contribution in [1.29, 1.82) is 0 Å². The summed E-state index contributed by atoms with van der Waals surface area (Å²) in [6.07, 6.45) is 0. The number of hydrogen-bond acceptors (Lipinski definition) is 3. The van der Waals surface area contributed by atoms with Gasteiger partial charge in [0.1, 0.15) is 30.5 Å². The van der Waals surface area contributed by atoms with Crippen molar-refractivity contribution in [3.63, 3.8) is 0 Å². The van der Waals surface area contributed by atoms with E-state index in [-0.39, 0.29) is 0 Å². The summed E-state index contributed by atoms with van der Waals surface area (Å²) < 4.78 is 20.7. The molecule has 0 saturated carbocycles. The Morgan fingerprint density at radius 2 is 1.19 bits per heavy atom. The molecule has 6 aromatic rings. The maximum absolute atomic E-state index is 6.43. The fraction of sp³-hybridized carbons (Fsp3) is 0.158. The van der Waals surface area contributed by atoms with Crippen LogP contribution in [0.25, 0.3) is 22.2 Å². The van der Waals surface area contributed by atoms with Gasteiger partial charge >= 0.3 is 0 Å². The van der Waals surface area contributed by atoms with Crippen LogP contribution in [0.5, 0.6) is 17.2 Å². The van der Waals surface area contributed by atoms with Crippen molar-refractivity contribution in [2.45, 2.75) is 26.7 Å². The summed E-state index contributed by atoms with van der Waals surface area (Å²) in [4.78, 5) is 0. The van der Waals surface area contributed by atoms with Crippen molar-refractivity contribution in [1.82, 2.24) is 4.57 Å². The zero-order valence-corrected chi connectivity index (χ0v) is 25.8. The van der Waals surface area contributed by atoms with Gasteiger partial charge in [-0.3, -0.25) is 0 Å². The van der Waals surface area contributed by atoms with Crippen LogP contribution in [0.15, 0.2) is 127 Å². The minimum absolute atomic E-state index is 0.517. The highest BCUT2D eigenvalue weighted by Gasteiger charge is 2.20. The van der Waals surface area contributed by atoms with Crippen LogP contribution < -0.4 is 14.2 Å². The van der Waals surface area contributed by atoms with Crippen LogP contribution in [-0.2, 0) is 19.8 Å². The van der Waals surface area contributed by atoms with E-state index in [1.165, 1.54) is 16.8 Å². The molecular weight excluding hydrogens is 598 g/mol. The first-order chi connectivity index (χ1) is 21.2. The van der Waals surface area contributed by atoms with E-state index in [0.717, 1.165) is 50.2 Å². The Morgan fingerprint density at radius 1 is 0.581 bits per heavy atom. The summed E-state index contributed by atoms with van der Waals surface area (Å²) in [5.41, 5.74) is 8.12. The van der Waals surface area contributed by atoms with Crippen LogP contribution in [0.1, 0.15) is 22.3 Å². The minimum atomic E-state index is 0.517. The van der Waals surface area contributed by atoms with E-state index in [1.54, 1.807) is 0 Å². The quantitative estimate of drug-likeness (QED) is 0.126. The number of nitrogens with zero attached hydrogens (tertiary/aromatic N) is 1. The zero-order valence-electron chi connectivity index (χ0n) is 24.2. The van der Waals surface area contributed by atoms with Crippen molar-refractivity contribution in [3.8, 4) is 28.5 Å². The summed E-state index contributed by atoms with van der Waals surface area (Å²) in [5.74, 6) is 2.61. The van der Waals surface area contributed by atoms with E-state index < -0.39 is 0 Å². The lowest BCUT2D eigenvalue weighted by atomic mass is 10.1. The predicted octanol–water partition coefficient (Wildman–Crippen LogP) is 9.60. The maximum atomic E-state index is 6.43. The number of aromatic nitrogens is 1. The normalized spacial score (nSPS) is 11.0. The van der Waals surface area contributed by atoms with Crippen molar-refractivity contribution in [3.05, 3.63) is 150 Å². The van der Waals surface area contributed by atoms with Gasteiger partial charge in [0.2, 0.25) is 0 Å². The number of rotatable bonds is 12. The average Bonchev–Trinajstić information content (AvgIpc) is 3.34. The molecule has 0 radical (unpaired) electrons. The summed E-state index contributed by atoms with van der Waals surface area (Å²) >= 11 is 3.43. The van der Waals surface area contributed by atoms with Crippen LogP contribution in [0.3, 0.4) is 0 Å². The molecule has 5 heteroatoms. The molecule has 0 aliphatic rings. The second kappa shape index (κ2) is 13.7. The molecule has 0 unspecified atom stereocenters. The molecule has 5 aromatic carbocycles. The fourth-order valence-electron chi connectivity index (χ4n) is 5.43. The van der Waals surface area contributed by atoms with Gasteiger partial charge in [0.05, 0.1) is 17.8 Å². The predicted molar refractivity (Wildman–Crippen MR) is 178 cm³/mol. The van der Waals surface area contributed by atoms with Gasteiger partial charge in [0.15, 0.2) is 0 Å². The van der Waals surface area contributed by atoms with Crippen LogP contribution in [0.4, 0.5) is 0 Å².